The summed E-state index contributed by atoms with van der Waals surface area (Å²) in [6, 6.07) is 29.2. The van der Waals surface area contributed by atoms with E-state index in [1.54, 1.807) is 7.11 Å². The Hall–Kier alpha value is -2.91. The summed E-state index contributed by atoms with van der Waals surface area (Å²) >= 11 is 0. The lowest BCUT2D eigenvalue weighted by atomic mass is 9.71. The molecule has 2 atom stereocenters. The second-order valence-electron chi connectivity index (χ2n) is 10.1. The maximum Gasteiger partial charge on any atom is 0.127 e. The molecule has 0 N–H and O–H groups in total. The Labute approximate surface area is 204 Å². The number of ether oxygens (including phenoxy) is 1. The molecule has 3 aliphatic rings. The van der Waals surface area contributed by atoms with Crippen molar-refractivity contribution in [3.63, 3.8) is 0 Å². The highest BCUT2D eigenvalue weighted by Gasteiger charge is 2.46. The van der Waals surface area contributed by atoms with Crippen LogP contribution in [0.3, 0.4) is 0 Å². The van der Waals surface area contributed by atoms with Crippen molar-refractivity contribution < 1.29 is 4.74 Å². The van der Waals surface area contributed by atoms with Crippen molar-refractivity contribution in [2.24, 2.45) is 10.9 Å². The zero-order chi connectivity index (χ0) is 23.5. The highest BCUT2D eigenvalue weighted by molar-refractivity contribution is 5.84. The van der Waals surface area contributed by atoms with Crippen LogP contribution in [0.1, 0.15) is 60.8 Å². The molecule has 3 fully saturated rings. The summed E-state index contributed by atoms with van der Waals surface area (Å²) < 4.78 is 5.69. The van der Waals surface area contributed by atoms with E-state index >= 15 is 0 Å². The molecule has 3 saturated heterocycles. The highest BCUT2D eigenvalue weighted by atomic mass is 16.5. The minimum Gasteiger partial charge on any atom is -0.496 e. The van der Waals surface area contributed by atoms with Gasteiger partial charge in [-0.05, 0) is 66.6 Å². The van der Waals surface area contributed by atoms with E-state index in [2.05, 4.69) is 104 Å². The quantitative estimate of drug-likeness (QED) is 0.381. The molecule has 3 heterocycles. The van der Waals surface area contributed by atoms with E-state index in [1.807, 2.05) is 0 Å². The predicted molar refractivity (Wildman–Crippen MR) is 141 cm³/mol. The van der Waals surface area contributed by atoms with E-state index in [1.165, 1.54) is 42.6 Å². The van der Waals surface area contributed by atoms with Gasteiger partial charge in [0.2, 0.25) is 0 Å². The second kappa shape index (κ2) is 10.1. The Morgan fingerprint density at radius 2 is 1.47 bits per heavy atom. The lowest BCUT2D eigenvalue weighted by Crippen LogP contribution is -2.59. The third-order valence-corrected chi connectivity index (χ3v) is 7.79. The average Bonchev–Trinajstić information content (AvgIpc) is 2.89. The van der Waals surface area contributed by atoms with E-state index in [9.17, 15) is 0 Å². The first-order chi connectivity index (χ1) is 16.7. The Kier molecular flexibility index (Phi) is 6.82. The summed E-state index contributed by atoms with van der Waals surface area (Å²) in [5.41, 5.74) is 5.16. The van der Waals surface area contributed by atoms with Gasteiger partial charge < -0.3 is 4.74 Å². The van der Waals surface area contributed by atoms with E-state index in [4.69, 9.17) is 9.73 Å². The van der Waals surface area contributed by atoms with Gasteiger partial charge in [0.25, 0.3) is 0 Å². The van der Waals surface area contributed by atoms with Crippen LogP contribution >= 0.6 is 0 Å². The number of hydrogen-bond donors (Lipinski definition) is 0. The number of aliphatic imine (C=N–C) groups is 1. The molecule has 0 spiro atoms. The largest absolute Gasteiger partial charge is 0.496 e. The lowest BCUT2D eigenvalue weighted by molar-refractivity contribution is 0.0215. The number of rotatable bonds is 7. The standard InChI is InChI=1S/C31H36N2O/c1-22(2)26-14-15-28(34-3)27(20-26)21-32-30-25-16-18-33(19-17-25)31(30)29(23-10-6-4-7-11-23)24-12-8-5-9-13-24/h4-15,20-22,25,29-31H,16-19H2,1-3H3. The smallest absolute Gasteiger partial charge is 0.127 e. The SMILES string of the molecule is COc1ccc(C(C)C)cc1C=NC1C2CCN(CC2)C1C(c1ccccc1)c1ccccc1. The zero-order valence-electron chi connectivity index (χ0n) is 20.6. The van der Waals surface area contributed by atoms with Crippen molar-refractivity contribution in [1.82, 2.24) is 4.90 Å². The molecule has 34 heavy (non-hydrogen) atoms. The average molecular weight is 453 g/mol. The van der Waals surface area contributed by atoms with Gasteiger partial charge in [0.1, 0.15) is 5.75 Å². The molecule has 3 heteroatoms. The fourth-order valence-corrected chi connectivity index (χ4v) is 5.96. The minimum atomic E-state index is 0.264. The van der Waals surface area contributed by atoms with Crippen LogP contribution in [0.2, 0.25) is 0 Å². The van der Waals surface area contributed by atoms with Crippen LogP contribution in [0, 0.1) is 5.92 Å². The number of hydrogen-bond acceptors (Lipinski definition) is 3. The Morgan fingerprint density at radius 1 is 0.853 bits per heavy atom. The third kappa shape index (κ3) is 4.54. The first kappa shape index (κ1) is 22.9. The fourth-order valence-electron chi connectivity index (χ4n) is 5.96. The number of benzene rings is 3. The molecule has 0 saturated carbocycles. The van der Waals surface area contributed by atoms with Gasteiger partial charge in [-0.15, -0.1) is 0 Å². The summed E-state index contributed by atoms with van der Waals surface area (Å²) in [5, 5.41) is 0. The molecule has 6 rings (SSSR count). The number of methoxy groups -OCH3 is 1. The van der Waals surface area contributed by atoms with Crippen LogP contribution in [0.25, 0.3) is 0 Å². The van der Waals surface area contributed by atoms with Crippen molar-refractivity contribution in [1.29, 1.82) is 0 Å². The molecule has 3 aromatic carbocycles. The van der Waals surface area contributed by atoms with Crippen LogP contribution in [-0.2, 0) is 0 Å². The Bertz CT molecular complexity index is 1060. The van der Waals surface area contributed by atoms with Crippen LogP contribution in [0.5, 0.6) is 5.75 Å². The van der Waals surface area contributed by atoms with Crippen molar-refractivity contribution in [3.8, 4) is 5.75 Å². The third-order valence-electron chi connectivity index (χ3n) is 7.79. The van der Waals surface area contributed by atoms with E-state index in [0.29, 0.717) is 23.8 Å². The van der Waals surface area contributed by atoms with Gasteiger partial charge in [0, 0.05) is 23.7 Å². The van der Waals surface area contributed by atoms with Crippen molar-refractivity contribution >= 4 is 6.21 Å². The summed E-state index contributed by atoms with van der Waals surface area (Å²) in [4.78, 5) is 8.05. The van der Waals surface area contributed by atoms with Gasteiger partial charge in [-0.25, -0.2) is 0 Å². The molecule has 2 unspecified atom stereocenters. The predicted octanol–water partition coefficient (Wildman–Crippen LogP) is 6.53. The van der Waals surface area contributed by atoms with E-state index < -0.39 is 0 Å². The fraction of sp³-hybridized carbons (Fsp3) is 0.387. The summed E-state index contributed by atoms with van der Waals surface area (Å²) in [5.74, 6) is 2.30. The molecule has 3 nitrogen and oxygen atoms in total. The van der Waals surface area contributed by atoms with Crippen LogP contribution in [0.4, 0.5) is 0 Å². The molecule has 3 aromatic rings. The molecule has 0 radical (unpaired) electrons. The summed E-state index contributed by atoms with van der Waals surface area (Å²) in [6.07, 6.45) is 4.56. The van der Waals surface area contributed by atoms with E-state index in [-0.39, 0.29) is 6.04 Å². The van der Waals surface area contributed by atoms with Gasteiger partial charge in [0.15, 0.2) is 0 Å². The van der Waals surface area contributed by atoms with Crippen LogP contribution < -0.4 is 4.74 Å². The summed E-state index contributed by atoms with van der Waals surface area (Å²) in [7, 11) is 1.75. The monoisotopic (exact) mass is 452 g/mol. The highest BCUT2D eigenvalue weighted by Crippen LogP contribution is 2.43. The first-order valence-corrected chi connectivity index (χ1v) is 12.7. The van der Waals surface area contributed by atoms with Crippen molar-refractivity contribution in [2.75, 3.05) is 20.2 Å². The van der Waals surface area contributed by atoms with Crippen LogP contribution in [-0.4, -0.2) is 43.4 Å². The minimum absolute atomic E-state index is 0.264. The van der Waals surface area contributed by atoms with Gasteiger partial charge in [0.05, 0.1) is 13.2 Å². The molecular weight excluding hydrogens is 416 g/mol. The molecule has 3 aliphatic heterocycles. The Morgan fingerprint density at radius 3 is 2.03 bits per heavy atom. The molecule has 0 aromatic heterocycles. The topological polar surface area (TPSA) is 24.8 Å². The molecule has 2 bridgehead atoms. The molecule has 176 valence electrons. The second-order valence-corrected chi connectivity index (χ2v) is 10.1. The van der Waals surface area contributed by atoms with E-state index in [0.717, 1.165) is 11.3 Å². The Balaban J connectivity index is 1.56. The number of fused-ring (bicyclic) bond motifs is 3. The molecular formula is C31H36N2O. The van der Waals surface area contributed by atoms with Crippen molar-refractivity contribution in [3.05, 3.63) is 101 Å². The van der Waals surface area contributed by atoms with Gasteiger partial charge in [-0.2, -0.15) is 0 Å². The van der Waals surface area contributed by atoms with Gasteiger partial charge in [-0.1, -0.05) is 80.6 Å². The van der Waals surface area contributed by atoms with Crippen molar-refractivity contribution in [2.45, 2.75) is 50.6 Å². The number of piperidine rings is 3. The molecule has 0 aliphatic carbocycles. The van der Waals surface area contributed by atoms with Crippen LogP contribution in [0.15, 0.2) is 83.9 Å². The lowest BCUT2D eigenvalue weighted by Gasteiger charge is -2.52. The molecule has 0 amide bonds. The number of nitrogens with zero attached hydrogens (tertiary/aromatic N) is 2. The summed E-state index contributed by atoms with van der Waals surface area (Å²) in [6.45, 7) is 6.81. The normalized spacial score (nSPS) is 24.3. The first-order valence-electron chi connectivity index (χ1n) is 12.7. The maximum absolute atomic E-state index is 5.69. The maximum atomic E-state index is 5.69. The van der Waals surface area contributed by atoms with Gasteiger partial charge >= 0.3 is 0 Å². The zero-order valence-corrected chi connectivity index (χ0v) is 20.6. The van der Waals surface area contributed by atoms with Gasteiger partial charge in [-0.3, -0.25) is 9.89 Å².